The van der Waals surface area contributed by atoms with Crippen LogP contribution in [0.3, 0.4) is 0 Å². The first-order valence-corrected chi connectivity index (χ1v) is 4.85. The van der Waals surface area contributed by atoms with Crippen LogP contribution in [-0.2, 0) is 4.79 Å². The lowest BCUT2D eigenvalue weighted by atomic mass is 9.95. The summed E-state index contributed by atoms with van der Waals surface area (Å²) < 4.78 is 0. The van der Waals surface area contributed by atoms with E-state index in [9.17, 15) is 4.79 Å². The maximum atomic E-state index is 11.6. The van der Waals surface area contributed by atoms with Crippen LogP contribution < -0.4 is 11.1 Å². The van der Waals surface area contributed by atoms with Crippen molar-refractivity contribution in [1.29, 1.82) is 5.26 Å². The fraction of sp³-hybridized carbons (Fsp3) is 0.800. The number of nitrogens with one attached hydrogen (secondary N) is 1. The highest BCUT2D eigenvalue weighted by Gasteiger charge is 2.48. The van der Waals surface area contributed by atoms with Crippen LogP contribution in [0.2, 0.25) is 0 Å². The summed E-state index contributed by atoms with van der Waals surface area (Å²) in [7, 11) is 0. The van der Waals surface area contributed by atoms with Crippen LogP contribution in [0.25, 0.3) is 0 Å². The fourth-order valence-electron chi connectivity index (χ4n) is 1.20. The summed E-state index contributed by atoms with van der Waals surface area (Å²) in [5.41, 5.74) is 4.70. The van der Waals surface area contributed by atoms with Crippen molar-refractivity contribution in [3.05, 3.63) is 0 Å². The molecule has 1 fully saturated rings. The predicted octanol–water partition coefficient (Wildman–Crippen LogP) is 0.391. The SMILES string of the molecule is CC(C)(C#N)CNC(=O)C1(CN)CC1. The van der Waals surface area contributed by atoms with E-state index in [1.807, 2.05) is 0 Å². The predicted molar refractivity (Wildman–Crippen MR) is 53.1 cm³/mol. The van der Waals surface area contributed by atoms with Crippen molar-refractivity contribution in [2.75, 3.05) is 13.1 Å². The van der Waals surface area contributed by atoms with Gasteiger partial charge in [0.15, 0.2) is 0 Å². The Morgan fingerprint density at radius 2 is 2.21 bits per heavy atom. The van der Waals surface area contributed by atoms with Gasteiger partial charge in [0.2, 0.25) is 5.91 Å². The molecule has 1 amide bonds. The molecule has 0 aliphatic heterocycles. The van der Waals surface area contributed by atoms with Gasteiger partial charge in [-0.25, -0.2) is 0 Å². The van der Waals surface area contributed by atoms with Gasteiger partial charge < -0.3 is 11.1 Å². The number of rotatable bonds is 4. The summed E-state index contributed by atoms with van der Waals surface area (Å²) in [6.45, 7) is 4.40. The average Bonchev–Trinajstić information content (AvgIpc) is 2.95. The maximum Gasteiger partial charge on any atom is 0.227 e. The number of nitrogens with two attached hydrogens (primary N) is 1. The summed E-state index contributed by atoms with van der Waals surface area (Å²) >= 11 is 0. The Kier molecular flexibility index (Phi) is 2.81. The van der Waals surface area contributed by atoms with Crippen LogP contribution in [-0.4, -0.2) is 19.0 Å². The minimum Gasteiger partial charge on any atom is -0.354 e. The van der Waals surface area contributed by atoms with Crippen LogP contribution >= 0.6 is 0 Å². The van der Waals surface area contributed by atoms with Gasteiger partial charge in [-0.1, -0.05) is 0 Å². The van der Waals surface area contributed by atoms with E-state index in [1.165, 1.54) is 0 Å². The molecule has 1 saturated carbocycles. The van der Waals surface area contributed by atoms with Gasteiger partial charge in [-0.2, -0.15) is 5.26 Å². The highest BCUT2D eigenvalue weighted by Crippen LogP contribution is 2.44. The topological polar surface area (TPSA) is 78.9 Å². The fourth-order valence-corrected chi connectivity index (χ4v) is 1.20. The summed E-state index contributed by atoms with van der Waals surface area (Å²) in [5, 5.41) is 11.5. The van der Waals surface area contributed by atoms with E-state index in [-0.39, 0.29) is 11.3 Å². The zero-order valence-corrected chi connectivity index (χ0v) is 8.76. The Bertz CT molecular complexity index is 274. The molecule has 14 heavy (non-hydrogen) atoms. The van der Waals surface area contributed by atoms with Crippen LogP contribution in [0.5, 0.6) is 0 Å². The van der Waals surface area contributed by atoms with Crippen LogP contribution in [0.4, 0.5) is 0 Å². The molecule has 1 aliphatic carbocycles. The van der Waals surface area contributed by atoms with Gasteiger partial charge in [-0.15, -0.1) is 0 Å². The number of amides is 1. The van der Waals surface area contributed by atoms with Crippen molar-refractivity contribution >= 4 is 5.91 Å². The van der Waals surface area contributed by atoms with Gasteiger partial charge in [0, 0.05) is 13.1 Å². The molecule has 0 radical (unpaired) electrons. The third-order valence-electron chi connectivity index (χ3n) is 2.72. The van der Waals surface area contributed by atoms with Crippen molar-refractivity contribution in [2.45, 2.75) is 26.7 Å². The molecule has 0 bridgehead atoms. The first-order chi connectivity index (χ1) is 6.46. The molecule has 0 heterocycles. The molecule has 1 aliphatic rings. The molecule has 0 unspecified atom stereocenters. The van der Waals surface area contributed by atoms with Crippen LogP contribution in [0.15, 0.2) is 0 Å². The van der Waals surface area contributed by atoms with E-state index < -0.39 is 5.41 Å². The normalized spacial score (nSPS) is 18.4. The van der Waals surface area contributed by atoms with E-state index >= 15 is 0 Å². The van der Waals surface area contributed by atoms with Gasteiger partial charge in [0.05, 0.1) is 16.9 Å². The number of carbonyl (C=O) groups excluding carboxylic acids is 1. The number of nitriles is 1. The van der Waals surface area contributed by atoms with Crippen molar-refractivity contribution in [1.82, 2.24) is 5.32 Å². The third kappa shape index (κ3) is 2.24. The molecule has 0 aromatic carbocycles. The van der Waals surface area contributed by atoms with Gasteiger partial charge >= 0.3 is 0 Å². The van der Waals surface area contributed by atoms with Crippen molar-refractivity contribution in [3.8, 4) is 6.07 Å². The molecule has 0 spiro atoms. The lowest BCUT2D eigenvalue weighted by molar-refractivity contribution is -0.126. The van der Waals surface area contributed by atoms with E-state index in [2.05, 4.69) is 11.4 Å². The summed E-state index contributed by atoms with van der Waals surface area (Å²) in [5.74, 6) is 0.00308. The van der Waals surface area contributed by atoms with E-state index in [0.29, 0.717) is 13.1 Å². The molecule has 78 valence electrons. The Hall–Kier alpha value is -1.08. The first kappa shape index (κ1) is 11.0. The van der Waals surface area contributed by atoms with Crippen molar-refractivity contribution < 1.29 is 4.79 Å². The monoisotopic (exact) mass is 195 g/mol. The largest absolute Gasteiger partial charge is 0.354 e. The maximum absolute atomic E-state index is 11.6. The van der Waals surface area contributed by atoms with Gasteiger partial charge in [-0.05, 0) is 26.7 Å². The summed E-state index contributed by atoms with van der Waals surface area (Å²) in [6, 6.07) is 2.14. The molecule has 1 rings (SSSR count). The van der Waals surface area contributed by atoms with Crippen LogP contribution in [0.1, 0.15) is 26.7 Å². The lowest BCUT2D eigenvalue weighted by Gasteiger charge is -2.18. The number of hydrogen-bond acceptors (Lipinski definition) is 3. The van der Waals surface area contributed by atoms with Gasteiger partial charge in [0.25, 0.3) is 0 Å². The second-order valence-corrected chi connectivity index (χ2v) is 4.66. The summed E-state index contributed by atoms with van der Waals surface area (Å²) in [6.07, 6.45) is 1.75. The molecule has 0 aromatic rings. The molecular formula is C10H17N3O. The highest BCUT2D eigenvalue weighted by molar-refractivity contribution is 5.85. The van der Waals surface area contributed by atoms with Crippen molar-refractivity contribution in [3.63, 3.8) is 0 Å². The molecule has 3 N–H and O–H groups in total. The van der Waals surface area contributed by atoms with Crippen LogP contribution in [0, 0.1) is 22.2 Å². The minimum atomic E-state index is -0.500. The zero-order chi connectivity index (χ0) is 10.8. The van der Waals surface area contributed by atoms with Gasteiger partial charge in [0.1, 0.15) is 0 Å². The Balaban J connectivity index is 2.40. The zero-order valence-electron chi connectivity index (χ0n) is 8.76. The second-order valence-electron chi connectivity index (χ2n) is 4.66. The number of nitrogens with zero attached hydrogens (tertiary/aromatic N) is 1. The van der Waals surface area contributed by atoms with E-state index in [0.717, 1.165) is 12.8 Å². The second kappa shape index (κ2) is 3.58. The first-order valence-electron chi connectivity index (χ1n) is 4.85. The highest BCUT2D eigenvalue weighted by atomic mass is 16.2. The number of hydrogen-bond donors (Lipinski definition) is 2. The molecule has 4 nitrogen and oxygen atoms in total. The van der Waals surface area contributed by atoms with Crippen molar-refractivity contribution in [2.24, 2.45) is 16.6 Å². The van der Waals surface area contributed by atoms with E-state index in [1.54, 1.807) is 13.8 Å². The number of carbonyl (C=O) groups is 1. The minimum absolute atomic E-state index is 0.00308. The Morgan fingerprint density at radius 3 is 2.57 bits per heavy atom. The molecular weight excluding hydrogens is 178 g/mol. The third-order valence-corrected chi connectivity index (χ3v) is 2.72. The average molecular weight is 195 g/mol. The molecule has 0 aromatic heterocycles. The van der Waals surface area contributed by atoms with Gasteiger partial charge in [-0.3, -0.25) is 4.79 Å². The smallest absolute Gasteiger partial charge is 0.227 e. The molecule has 0 saturated heterocycles. The quantitative estimate of drug-likeness (QED) is 0.681. The Labute approximate surface area is 84.5 Å². The van der Waals surface area contributed by atoms with E-state index in [4.69, 9.17) is 11.0 Å². The summed E-state index contributed by atoms with van der Waals surface area (Å²) in [4.78, 5) is 11.6. The standard InChI is InChI=1S/C10H17N3O/c1-9(2,5-11)7-13-8(14)10(6-12)3-4-10/h3-4,6-7,12H2,1-2H3,(H,13,14). The molecule has 0 atom stereocenters. The Morgan fingerprint density at radius 1 is 1.64 bits per heavy atom. The lowest BCUT2D eigenvalue weighted by Crippen LogP contribution is -2.40. The molecule has 4 heteroatoms.